The van der Waals surface area contributed by atoms with E-state index in [-0.39, 0.29) is 16.7 Å². The Kier molecular flexibility index (Phi) is 6.23. The number of esters is 1. The van der Waals surface area contributed by atoms with Gasteiger partial charge in [-0.3, -0.25) is 4.79 Å². The molecule has 0 aliphatic heterocycles. The molecule has 0 spiro atoms. The van der Waals surface area contributed by atoms with E-state index in [0.717, 1.165) is 5.39 Å². The zero-order chi connectivity index (χ0) is 21.9. The summed E-state index contributed by atoms with van der Waals surface area (Å²) in [6.45, 7) is 4.88. The van der Waals surface area contributed by atoms with Gasteiger partial charge >= 0.3 is 5.97 Å². The molecular weight excluding hydrogens is 408 g/mol. The van der Waals surface area contributed by atoms with Gasteiger partial charge in [-0.05, 0) is 57.2 Å². The van der Waals surface area contributed by atoms with E-state index in [0.29, 0.717) is 11.3 Å². The first-order chi connectivity index (χ1) is 14.2. The maximum absolute atomic E-state index is 12.3. The van der Waals surface area contributed by atoms with Crippen molar-refractivity contribution >= 4 is 38.6 Å². The molecule has 158 valence electrons. The summed E-state index contributed by atoms with van der Waals surface area (Å²) in [5, 5.41) is 3.34. The maximum atomic E-state index is 12.3. The van der Waals surface area contributed by atoms with Gasteiger partial charge in [0, 0.05) is 17.1 Å². The normalized spacial score (nSPS) is 12.7. The second kappa shape index (κ2) is 8.68. The molecule has 0 saturated heterocycles. The maximum Gasteiger partial charge on any atom is 0.375 e. The van der Waals surface area contributed by atoms with Crippen LogP contribution in [0.15, 0.2) is 63.9 Å². The van der Waals surface area contributed by atoms with E-state index in [1.807, 2.05) is 6.07 Å². The topological polar surface area (TPSA) is 115 Å². The number of furan rings is 1. The number of carbonyl (C=O) groups excluding carboxylic acids is 2. The minimum absolute atomic E-state index is 0.00284. The Labute approximate surface area is 174 Å². The summed E-state index contributed by atoms with van der Waals surface area (Å²) in [5.74, 6) is -1.31. The van der Waals surface area contributed by atoms with Gasteiger partial charge in [0.25, 0.3) is 5.91 Å². The summed E-state index contributed by atoms with van der Waals surface area (Å²) < 4.78 is 37.4. The van der Waals surface area contributed by atoms with Gasteiger partial charge in [-0.1, -0.05) is 18.2 Å². The molecule has 8 nitrogen and oxygen atoms in total. The standard InChI is InChI=1S/C21H22N2O6S/c1-13(2)23-30(26,27)17-10-8-16(9-11-17)22-20(24)14(3)28-21(25)19-12-15-6-4-5-7-18(15)29-19/h4-14,23H,1-3H3,(H,22,24). The molecule has 1 aromatic heterocycles. The molecule has 0 radical (unpaired) electrons. The zero-order valence-electron chi connectivity index (χ0n) is 16.7. The molecule has 30 heavy (non-hydrogen) atoms. The molecule has 1 atom stereocenters. The molecule has 3 rings (SSSR count). The molecule has 0 aliphatic rings. The molecule has 1 amide bonds. The Morgan fingerprint density at radius 3 is 2.30 bits per heavy atom. The molecule has 0 fully saturated rings. The van der Waals surface area contributed by atoms with Crippen molar-refractivity contribution in [1.29, 1.82) is 0 Å². The lowest BCUT2D eigenvalue weighted by atomic mass is 10.2. The highest BCUT2D eigenvalue weighted by Crippen LogP contribution is 2.20. The van der Waals surface area contributed by atoms with E-state index >= 15 is 0 Å². The van der Waals surface area contributed by atoms with E-state index < -0.39 is 28.0 Å². The number of fused-ring (bicyclic) bond motifs is 1. The van der Waals surface area contributed by atoms with Crippen molar-refractivity contribution in [3.63, 3.8) is 0 Å². The molecule has 3 aromatic rings. The predicted octanol–water partition coefficient (Wildman–Crippen LogP) is 3.30. The highest BCUT2D eigenvalue weighted by Gasteiger charge is 2.22. The van der Waals surface area contributed by atoms with Gasteiger partial charge in [-0.2, -0.15) is 0 Å². The first kappa shape index (κ1) is 21.5. The number of ether oxygens (including phenoxy) is 1. The third kappa shape index (κ3) is 5.05. The molecule has 2 aromatic carbocycles. The molecule has 1 unspecified atom stereocenters. The number of benzene rings is 2. The number of sulfonamides is 1. The van der Waals surface area contributed by atoms with Gasteiger partial charge < -0.3 is 14.5 Å². The Morgan fingerprint density at radius 1 is 1.00 bits per heavy atom. The molecule has 1 heterocycles. The first-order valence-electron chi connectivity index (χ1n) is 9.28. The average Bonchev–Trinajstić information content (AvgIpc) is 3.11. The Bertz CT molecular complexity index is 1130. The van der Waals surface area contributed by atoms with Gasteiger partial charge in [0.1, 0.15) is 5.58 Å². The average molecular weight is 430 g/mol. The molecule has 9 heteroatoms. The van der Waals surface area contributed by atoms with Crippen LogP contribution in [0.25, 0.3) is 11.0 Å². The summed E-state index contributed by atoms with van der Waals surface area (Å²) in [6.07, 6.45) is -1.09. The van der Waals surface area contributed by atoms with Crippen LogP contribution in [0.1, 0.15) is 31.3 Å². The smallest absolute Gasteiger partial charge is 0.375 e. The van der Waals surface area contributed by atoms with Gasteiger partial charge in [-0.25, -0.2) is 17.9 Å². The Balaban J connectivity index is 1.61. The molecule has 0 bridgehead atoms. The van der Waals surface area contributed by atoms with Crippen molar-refractivity contribution in [3.05, 3.63) is 60.4 Å². The highest BCUT2D eigenvalue weighted by atomic mass is 32.2. The van der Waals surface area contributed by atoms with E-state index in [4.69, 9.17) is 9.15 Å². The third-order valence-electron chi connectivity index (χ3n) is 4.10. The predicted molar refractivity (Wildman–Crippen MR) is 112 cm³/mol. The van der Waals surface area contributed by atoms with Gasteiger partial charge in [0.2, 0.25) is 15.8 Å². The number of amides is 1. The fourth-order valence-corrected chi connectivity index (χ4v) is 3.95. The van der Waals surface area contributed by atoms with Crippen LogP contribution >= 0.6 is 0 Å². The van der Waals surface area contributed by atoms with Crippen molar-refractivity contribution in [2.75, 3.05) is 5.32 Å². The Hall–Kier alpha value is -3.17. The van der Waals surface area contributed by atoms with Crippen molar-refractivity contribution < 1.29 is 27.2 Å². The van der Waals surface area contributed by atoms with Crippen molar-refractivity contribution in [3.8, 4) is 0 Å². The third-order valence-corrected chi connectivity index (χ3v) is 5.78. The second-order valence-electron chi connectivity index (χ2n) is 6.99. The number of rotatable bonds is 7. The number of hydrogen-bond donors (Lipinski definition) is 2. The highest BCUT2D eigenvalue weighted by molar-refractivity contribution is 7.89. The van der Waals surface area contributed by atoms with Crippen LogP contribution in [0.4, 0.5) is 5.69 Å². The molecule has 0 saturated carbocycles. The van der Waals surface area contributed by atoms with Crippen LogP contribution < -0.4 is 10.0 Å². The van der Waals surface area contributed by atoms with Crippen molar-refractivity contribution in [1.82, 2.24) is 4.72 Å². The quantitative estimate of drug-likeness (QED) is 0.556. The molecule has 2 N–H and O–H groups in total. The summed E-state index contributed by atoms with van der Waals surface area (Å²) in [5.41, 5.74) is 0.915. The van der Waals surface area contributed by atoms with Crippen molar-refractivity contribution in [2.45, 2.75) is 37.8 Å². The Morgan fingerprint density at radius 2 is 1.67 bits per heavy atom. The van der Waals surface area contributed by atoms with Gasteiger partial charge in [0.15, 0.2) is 6.10 Å². The van der Waals surface area contributed by atoms with Crippen LogP contribution in [-0.4, -0.2) is 32.4 Å². The zero-order valence-corrected chi connectivity index (χ0v) is 17.5. The summed E-state index contributed by atoms with van der Waals surface area (Å²) in [7, 11) is -3.62. The lowest BCUT2D eigenvalue weighted by Gasteiger charge is -2.13. The van der Waals surface area contributed by atoms with E-state index in [1.54, 1.807) is 38.1 Å². The van der Waals surface area contributed by atoms with Crippen LogP contribution in [0.5, 0.6) is 0 Å². The van der Waals surface area contributed by atoms with E-state index in [2.05, 4.69) is 10.0 Å². The van der Waals surface area contributed by atoms with E-state index in [9.17, 15) is 18.0 Å². The van der Waals surface area contributed by atoms with E-state index in [1.165, 1.54) is 31.2 Å². The lowest BCUT2D eigenvalue weighted by Crippen LogP contribution is -2.30. The lowest BCUT2D eigenvalue weighted by molar-refractivity contribution is -0.123. The van der Waals surface area contributed by atoms with Crippen molar-refractivity contribution in [2.24, 2.45) is 0 Å². The summed E-state index contributed by atoms with van der Waals surface area (Å²) in [4.78, 5) is 24.7. The fraction of sp³-hybridized carbons (Fsp3) is 0.238. The number of nitrogens with one attached hydrogen (secondary N) is 2. The van der Waals surface area contributed by atoms with Crippen LogP contribution in [0, 0.1) is 0 Å². The molecular formula is C21H22N2O6S. The molecule has 0 aliphatic carbocycles. The van der Waals surface area contributed by atoms with Crippen LogP contribution in [0.3, 0.4) is 0 Å². The number of carbonyl (C=O) groups is 2. The number of anilines is 1. The SMILES string of the molecule is CC(C)NS(=O)(=O)c1ccc(NC(=O)C(C)OC(=O)c2cc3ccccc3o2)cc1. The monoisotopic (exact) mass is 430 g/mol. The van der Waals surface area contributed by atoms with Crippen LogP contribution in [0.2, 0.25) is 0 Å². The second-order valence-corrected chi connectivity index (χ2v) is 8.70. The first-order valence-corrected chi connectivity index (χ1v) is 10.8. The van der Waals surface area contributed by atoms with Gasteiger partial charge in [-0.15, -0.1) is 0 Å². The number of hydrogen-bond acceptors (Lipinski definition) is 6. The number of para-hydroxylation sites is 1. The largest absolute Gasteiger partial charge is 0.449 e. The van der Waals surface area contributed by atoms with Crippen LogP contribution in [-0.2, 0) is 19.6 Å². The minimum Gasteiger partial charge on any atom is -0.449 e. The summed E-state index contributed by atoms with van der Waals surface area (Å²) in [6, 6.07) is 14.1. The summed E-state index contributed by atoms with van der Waals surface area (Å²) >= 11 is 0. The fourth-order valence-electron chi connectivity index (χ4n) is 2.69. The van der Waals surface area contributed by atoms with Gasteiger partial charge in [0.05, 0.1) is 4.90 Å². The minimum atomic E-state index is -3.62.